The van der Waals surface area contributed by atoms with Crippen LogP contribution >= 0.6 is 11.6 Å². The van der Waals surface area contributed by atoms with E-state index in [4.69, 9.17) is 11.6 Å². The van der Waals surface area contributed by atoms with Crippen molar-refractivity contribution in [3.63, 3.8) is 0 Å². The van der Waals surface area contributed by atoms with E-state index < -0.39 is 0 Å². The number of aryl methyl sites for hydroxylation is 1. The summed E-state index contributed by atoms with van der Waals surface area (Å²) in [5.74, 6) is 0. The molecule has 14 heavy (non-hydrogen) atoms. The lowest BCUT2D eigenvalue weighted by molar-refractivity contribution is 0.739. The third-order valence-corrected chi connectivity index (χ3v) is 2.91. The SMILES string of the molecule is Cc1cc(Cl)ccc1C1=NC(C)CC1. The van der Waals surface area contributed by atoms with Gasteiger partial charge >= 0.3 is 0 Å². The monoisotopic (exact) mass is 207 g/mol. The number of aliphatic imine (C=N–C) groups is 1. The van der Waals surface area contributed by atoms with E-state index in [1.807, 2.05) is 12.1 Å². The summed E-state index contributed by atoms with van der Waals surface area (Å²) in [7, 11) is 0. The number of benzene rings is 1. The van der Waals surface area contributed by atoms with Crippen molar-refractivity contribution >= 4 is 17.3 Å². The summed E-state index contributed by atoms with van der Waals surface area (Å²) in [5, 5.41) is 0.804. The van der Waals surface area contributed by atoms with Gasteiger partial charge in [-0.25, -0.2) is 0 Å². The summed E-state index contributed by atoms with van der Waals surface area (Å²) in [5.41, 5.74) is 3.73. The highest BCUT2D eigenvalue weighted by Crippen LogP contribution is 2.22. The molecule has 0 amide bonds. The molecule has 0 fully saturated rings. The van der Waals surface area contributed by atoms with Crippen LogP contribution in [0.3, 0.4) is 0 Å². The van der Waals surface area contributed by atoms with Gasteiger partial charge < -0.3 is 0 Å². The fourth-order valence-corrected chi connectivity index (χ4v) is 2.12. The minimum atomic E-state index is 0.486. The third kappa shape index (κ3) is 1.83. The maximum Gasteiger partial charge on any atom is 0.0478 e. The minimum absolute atomic E-state index is 0.486. The summed E-state index contributed by atoms with van der Waals surface area (Å²) in [6, 6.07) is 6.51. The van der Waals surface area contributed by atoms with Gasteiger partial charge in [0.15, 0.2) is 0 Å². The van der Waals surface area contributed by atoms with Gasteiger partial charge in [-0.15, -0.1) is 0 Å². The predicted octanol–water partition coefficient (Wildman–Crippen LogP) is 3.62. The fourth-order valence-electron chi connectivity index (χ4n) is 1.90. The Hall–Kier alpha value is -0.820. The van der Waals surface area contributed by atoms with E-state index in [1.54, 1.807) is 0 Å². The van der Waals surface area contributed by atoms with Gasteiger partial charge in [0, 0.05) is 16.8 Å². The van der Waals surface area contributed by atoms with Crippen molar-refractivity contribution in [3.8, 4) is 0 Å². The van der Waals surface area contributed by atoms with E-state index in [-0.39, 0.29) is 0 Å². The van der Waals surface area contributed by atoms with E-state index in [2.05, 4.69) is 24.9 Å². The molecular formula is C12H14ClN. The molecule has 0 saturated carbocycles. The zero-order chi connectivity index (χ0) is 10.1. The second-order valence-electron chi connectivity index (χ2n) is 3.92. The Labute approximate surface area is 89.8 Å². The molecule has 0 spiro atoms. The Balaban J connectivity index is 2.37. The zero-order valence-electron chi connectivity index (χ0n) is 8.55. The average Bonchev–Trinajstić information content (AvgIpc) is 2.51. The smallest absolute Gasteiger partial charge is 0.0478 e. The van der Waals surface area contributed by atoms with E-state index in [0.717, 1.165) is 11.4 Å². The molecule has 1 atom stereocenters. The number of halogens is 1. The Morgan fingerprint density at radius 3 is 2.79 bits per heavy atom. The van der Waals surface area contributed by atoms with Gasteiger partial charge in [-0.1, -0.05) is 17.7 Å². The quantitative estimate of drug-likeness (QED) is 0.667. The third-order valence-electron chi connectivity index (χ3n) is 2.67. The van der Waals surface area contributed by atoms with Gasteiger partial charge in [0.05, 0.1) is 0 Å². The van der Waals surface area contributed by atoms with Crippen LogP contribution in [0.5, 0.6) is 0 Å². The van der Waals surface area contributed by atoms with Crippen molar-refractivity contribution < 1.29 is 0 Å². The molecule has 1 unspecified atom stereocenters. The van der Waals surface area contributed by atoms with Gasteiger partial charge in [-0.2, -0.15) is 0 Å². The van der Waals surface area contributed by atoms with Crippen molar-refractivity contribution in [3.05, 3.63) is 34.3 Å². The van der Waals surface area contributed by atoms with Crippen molar-refractivity contribution in [1.82, 2.24) is 0 Å². The summed E-state index contributed by atoms with van der Waals surface area (Å²) >= 11 is 5.91. The highest BCUT2D eigenvalue weighted by atomic mass is 35.5. The van der Waals surface area contributed by atoms with E-state index in [1.165, 1.54) is 23.3 Å². The highest BCUT2D eigenvalue weighted by molar-refractivity contribution is 6.30. The molecule has 0 bridgehead atoms. The molecule has 74 valence electrons. The number of rotatable bonds is 1. The van der Waals surface area contributed by atoms with Gasteiger partial charge in [0.1, 0.15) is 0 Å². The van der Waals surface area contributed by atoms with Crippen LogP contribution in [0.2, 0.25) is 5.02 Å². The van der Waals surface area contributed by atoms with E-state index in [9.17, 15) is 0 Å². The van der Waals surface area contributed by atoms with Crippen LogP contribution in [0.4, 0.5) is 0 Å². The highest BCUT2D eigenvalue weighted by Gasteiger charge is 2.15. The van der Waals surface area contributed by atoms with Crippen LogP contribution in [0.25, 0.3) is 0 Å². The molecule has 1 aromatic carbocycles. The Morgan fingerprint density at radius 1 is 1.43 bits per heavy atom. The van der Waals surface area contributed by atoms with Gasteiger partial charge in [0.2, 0.25) is 0 Å². The van der Waals surface area contributed by atoms with Crippen LogP contribution in [-0.2, 0) is 0 Å². The molecule has 0 N–H and O–H groups in total. The average molecular weight is 208 g/mol. The Morgan fingerprint density at radius 2 is 2.21 bits per heavy atom. The molecule has 2 heteroatoms. The lowest BCUT2D eigenvalue weighted by Gasteiger charge is -2.05. The van der Waals surface area contributed by atoms with Crippen LogP contribution in [0.1, 0.15) is 30.9 Å². The lowest BCUT2D eigenvalue weighted by Crippen LogP contribution is -1.98. The Kier molecular flexibility index (Phi) is 2.60. The van der Waals surface area contributed by atoms with Crippen LogP contribution in [-0.4, -0.2) is 11.8 Å². The van der Waals surface area contributed by atoms with Crippen molar-refractivity contribution in [2.45, 2.75) is 32.7 Å². The molecule has 0 saturated heterocycles. The molecule has 0 radical (unpaired) electrons. The summed E-state index contributed by atoms with van der Waals surface area (Å²) in [4.78, 5) is 4.62. The standard InChI is InChI=1S/C12H14ClN/c1-8-7-10(13)4-5-11(8)12-6-3-9(2)14-12/h4-5,7,9H,3,6H2,1-2H3. The molecule has 1 aliphatic rings. The van der Waals surface area contributed by atoms with Gasteiger partial charge in [-0.3, -0.25) is 4.99 Å². The number of hydrogen-bond acceptors (Lipinski definition) is 1. The summed E-state index contributed by atoms with van der Waals surface area (Å²) in [6.45, 7) is 4.25. The topological polar surface area (TPSA) is 12.4 Å². The summed E-state index contributed by atoms with van der Waals surface area (Å²) < 4.78 is 0. The molecule has 1 aromatic rings. The van der Waals surface area contributed by atoms with E-state index >= 15 is 0 Å². The zero-order valence-corrected chi connectivity index (χ0v) is 9.30. The van der Waals surface area contributed by atoms with Crippen LogP contribution in [0.15, 0.2) is 23.2 Å². The number of hydrogen-bond donors (Lipinski definition) is 0. The van der Waals surface area contributed by atoms with Gasteiger partial charge in [-0.05, 0) is 49.9 Å². The molecule has 1 heterocycles. The molecule has 1 aliphatic heterocycles. The van der Waals surface area contributed by atoms with Crippen molar-refractivity contribution in [2.75, 3.05) is 0 Å². The molecule has 0 aliphatic carbocycles. The molecule has 0 aromatic heterocycles. The van der Waals surface area contributed by atoms with Crippen molar-refractivity contribution in [2.24, 2.45) is 4.99 Å². The number of nitrogens with zero attached hydrogens (tertiary/aromatic N) is 1. The minimum Gasteiger partial charge on any atom is -0.286 e. The second-order valence-corrected chi connectivity index (χ2v) is 4.36. The summed E-state index contributed by atoms with van der Waals surface area (Å²) in [6.07, 6.45) is 2.28. The maximum absolute atomic E-state index is 5.91. The van der Waals surface area contributed by atoms with Crippen molar-refractivity contribution in [1.29, 1.82) is 0 Å². The first-order chi connectivity index (χ1) is 6.66. The van der Waals surface area contributed by atoms with E-state index in [0.29, 0.717) is 6.04 Å². The normalized spacial score (nSPS) is 21.1. The first-order valence-electron chi connectivity index (χ1n) is 5.00. The molecule has 2 rings (SSSR count). The molecule has 1 nitrogen and oxygen atoms in total. The van der Waals surface area contributed by atoms with Crippen LogP contribution < -0.4 is 0 Å². The maximum atomic E-state index is 5.91. The lowest BCUT2D eigenvalue weighted by atomic mass is 10.0. The van der Waals surface area contributed by atoms with Gasteiger partial charge in [0.25, 0.3) is 0 Å². The predicted molar refractivity (Wildman–Crippen MR) is 61.4 cm³/mol. The van der Waals surface area contributed by atoms with Crippen LogP contribution in [0, 0.1) is 6.92 Å². The Bertz CT molecular complexity index is 382. The largest absolute Gasteiger partial charge is 0.286 e. The first-order valence-corrected chi connectivity index (χ1v) is 5.38. The fraction of sp³-hybridized carbons (Fsp3) is 0.417. The first kappa shape index (κ1) is 9.72. The second kappa shape index (κ2) is 3.74. The molecular weight excluding hydrogens is 194 g/mol.